The Morgan fingerprint density at radius 1 is 0.500 bits per heavy atom. The summed E-state index contributed by atoms with van der Waals surface area (Å²) >= 11 is 0. The van der Waals surface area contributed by atoms with Gasteiger partial charge in [-0.05, 0) is 72.8 Å². The Morgan fingerprint density at radius 2 is 1.00 bits per heavy atom. The molecular formula is C32H22BF7O2. The third-order valence-corrected chi connectivity index (χ3v) is 8.21. The number of rotatable bonds is 3. The number of fused-ring (bicyclic) bond motifs is 2. The van der Waals surface area contributed by atoms with Crippen molar-refractivity contribution in [1.29, 1.82) is 0 Å². The zero-order valence-electron chi connectivity index (χ0n) is 22.8. The third kappa shape index (κ3) is 4.19. The fourth-order valence-electron chi connectivity index (χ4n) is 5.16. The van der Waals surface area contributed by atoms with Gasteiger partial charge in [0, 0.05) is 0 Å². The maximum absolute atomic E-state index is 15.4. The lowest BCUT2D eigenvalue weighted by Gasteiger charge is -2.32. The fraction of sp³-hybridized carbons (Fsp3) is 0.188. The number of hydrogen-bond donors (Lipinski definition) is 0. The van der Waals surface area contributed by atoms with Crippen molar-refractivity contribution in [3.63, 3.8) is 0 Å². The highest BCUT2D eigenvalue weighted by Crippen LogP contribution is 2.40. The Hall–Kier alpha value is -3.89. The van der Waals surface area contributed by atoms with E-state index in [4.69, 9.17) is 9.31 Å². The van der Waals surface area contributed by atoms with Crippen LogP contribution in [0.2, 0.25) is 0 Å². The van der Waals surface area contributed by atoms with E-state index in [1.54, 1.807) is 12.1 Å². The minimum Gasteiger partial charge on any atom is -0.399 e. The average Bonchev–Trinajstić information content (AvgIpc) is 3.18. The Balaban J connectivity index is 1.41. The van der Waals surface area contributed by atoms with Crippen molar-refractivity contribution >= 4 is 34.1 Å². The quantitative estimate of drug-likeness (QED) is 0.0919. The van der Waals surface area contributed by atoms with E-state index in [9.17, 15) is 22.0 Å². The molecule has 0 spiro atoms. The summed E-state index contributed by atoms with van der Waals surface area (Å²) in [5.41, 5.74) is -0.318. The van der Waals surface area contributed by atoms with Gasteiger partial charge >= 0.3 is 7.12 Å². The molecule has 1 saturated heterocycles. The third-order valence-electron chi connectivity index (χ3n) is 8.21. The summed E-state index contributed by atoms with van der Waals surface area (Å²) in [4.78, 5) is 0. The molecule has 0 radical (unpaired) electrons. The van der Waals surface area contributed by atoms with Crippen molar-refractivity contribution < 1.29 is 40.0 Å². The number of halogens is 7. The molecule has 0 amide bonds. The smallest absolute Gasteiger partial charge is 0.399 e. The Morgan fingerprint density at radius 3 is 1.64 bits per heavy atom. The van der Waals surface area contributed by atoms with Crippen LogP contribution in [0.25, 0.3) is 43.8 Å². The topological polar surface area (TPSA) is 18.5 Å². The highest BCUT2D eigenvalue weighted by Gasteiger charge is 2.51. The van der Waals surface area contributed by atoms with E-state index in [0.717, 1.165) is 16.2 Å². The molecule has 0 aliphatic carbocycles. The van der Waals surface area contributed by atoms with Crippen LogP contribution >= 0.6 is 0 Å². The van der Waals surface area contributed by atoms with E-state index in [-0.39, 0.29) is 5.56 Å². The standard InChI is InChI=1S/C32H22BF7O2/c1-31(2)32(3,4)42-33(41-31)20-11-10-17-12-16(8-9-18(17)14-20)15-6-5-7-19(13-15)21-24(34)22-23(26(36)25(21)35)28(38)30(40)29(39)27(22)37/h5-14H,1-4H3. The molecule has 1 fully saturated rings. The molecule has 0 bridgehead atoms. The largest absolute Gasteiger partial charge is 0.494 e. The van der Waals surface area contributed by atoms with E-state index in [2.05, 4.69) is 0 Å². The predicted molar refractivity (Wildman–Crippen MR) is 148 cm³/mol. The van der Waals surface area contributed by atoms with Crippen LogP contribution in [0.4, 0.5) is 30.7 Å². The summed E-state index contributed by atoms with van der Waals surface area (Å²) in [6, 6.07) is 16.8. The molecule has 1 heterocycles. The van der Waals surface area contributed by atoms with E-state index in [1.807, 2.05) is 58.0 Å². The van der Waals surface area contributed by atoms with Gasteiger partial charge in [0.25, 0.3) is 0 Å². The normalized spacial score (nSPS) is 16.1. The molecule has 214 valence electrons. The first-order chi connectivity index (χ1) is 19.7. The number of hydrogen-bond acceptors (Lipinski definition) is 2. The zero-order chi connectivity index (χ0) is 30.3. The summed E-state index contributed by atoms with van der Waals surface area (Å²) < 4.78 is 114. The second-order valence-corrected chi connectivity index (χ2v) is 11.3. The lowest BCUT2D eigenvalue weighted by Crippen LogP contribution is -2.41. The fourth-order valence-corrected chi connectivity index (χ4v) is 5.16. The molecule has 0 N–H and O–H groups in total. The molecule has 5 aromatic rings. The summed E-state index contributed by atoms with van der Waals surface area (Å²) in [6.07, 6.45) is 0. The highest BCUT2D eigenvalue weighted by molar-refractivity contribution is 6.62. The molecule has 2 nitrogen and oxygen atoms in total. The van der Waals surface area contributed by atoms with E-state index < -0.39 is 75.4 Å². The monoisotopic (exact) mass is 582 g/mol. The van der Waals surface area contributed by atoms with Gasteiger partial charge in [0.2, 0.25) is 0 Å². The molecule has 0 unspecified atom stereocenters. The van der Waals surface area contributed by atoms with Crippen molar-refractivity contribution in [2.45, 2.75) is 38.9 Å². The summed E-state index contributed by atoms with van der Waals surface area (Å²) in [7, 11) is -0.550. The summed E-state index contributed by atoms with van der Waals surface area (Å²) in [5.74, 6) is -14.7. The predicted octanol–water partition coefficient (Wildman–Crippen LogP) is 8.60. The minimum absolute atomic E-state index is 0.218. The molecule has 1 aliphatic rings. The van der Waals surface area contributed by atoms with Crippen molar-refractivity contribution in [3.05, 3.63) is 101 Å². The van der Waals surface area contributed by atoms with Gasteiger partial charge in [0.1, 0.15) is 5.82 Å². The molecule has 0 saturated carbocycles. The van der Waals surface area contributed by atoms with Gasteiger partial charge < -0.3 is 9.31 Å². The van der Waals surface area contributed by atoms with E-state index >= 15 is 8.78 Å². The van der Waals surface area contributed by atoms with Crippen LogP contribution in [-0.4, -0.2) is 18.3 Å². The van der Waals surface area contributed by atoms with Gasteiger partial charge in [-0.1, -0.05) is 48.5 Å². The Bertz CT molecular complexity index is 1920. The van der Waals surface area contributed by atoms with Crippen molar-refractivity contribution in [2.24, 2.45) is 0 Å². The van der Waals surface area contributed by atoms with Gasteiger partial charge in [-0.15, -0.1) is 0 Å². The minimum atomic E-state index is -2.37. The van der Waals surface area contributed by atoms with Crippen molar-refractivity contribution in [1.82, 2.24) is 0 Å². The van der Waals surface area contributed by atoms with Gasteiger partial charge in [0.15, 0.2) is 34.9 Å². The van der Waals surface area contributed by atoms with Crippen molar-refractivity contribution in [3.8, 4) is 22.3 Å². The maximum Gasteiger partial charge on any atom is 0.494 e. The van der Waals surface area contributed by atoms with Crippen LogP contribution in [-0.2, 0) is 9.31 Å². The van der Waals surface area contributed by atoms with Crippen LogP contribution < -0.4 is 5.46 Å². The van der Waals surface area contributed by atoms with Crippen LogP contribution in [0.15, 0.2) is 60.7 Å². The maximum atomic E-state index is 15.4. The second-order valence-electron chi connectivity index (χ2n) is 11.3. The summed E-state index contributed by atoms with van der Waals surface area (Å²) in [6.45, 7) is 7.85. The average molecular weight is 582 g/mol. The first-order valence-corrected chi connectivity index (χ1v) is 13.0. The molecular weight excluding hydrogens is 560 g/mol. The first kappa shape index (κ1) is 28.2. The first-order valence-electron chi connectivity index (χ1n) is 13.0. The van der Waals surface area contributed by atoms with Gasteiger partial charge in [-0.3, -0.25) is 0 Å². The van der Waals surface area contributed by atoms with Gasteiger partial charge in [-0.2, -0.15) is 0 Å². The molecule has 10 heteroatoms. The molecule has 5 aromatic carbocycles. The Kier molecular flexibility index (Phi) is 6.44. The summed E-state index contributed by atoms with van der Waals surface area (Å²) in [5, 5.41) is -1.45. The second kappa shape index (κ2) is 9.57. The SMILES string of the molecule is CC1(C)OB(c2ccc3cc(-c4cccc(-c5c(F)c(F)c6c(F)c(F)c(F)c(F)c6c5F)c4)ccc3c2)OC1(C)C. The highest BCUT2D eigenvalue weighted by atomic mass is 19.2. The lowest BCUT2D eigenvalue weighted by molar-refractivity contribution is 0.00578. The molecule has 42 heavy (non-hydrogen) atoms. The Labute approximate surface area is 236 Å². The molecule has 6 rings (SSSR count). The zero-order valence-corrected chi connectivity index (χ0v) is 22.8. The van der Waals surface area contributed by atoms with Crippen LogP contribution in [0.1, 0.15) is 27.7 Å². The van der Waals surface area contributed by atoms with E-state index in [1.165, 1.54) is 18.2 Å². The van der Waals surface area contributed by atoms with Gasteiger partial charge in [-0.25, -0.2) is 30.7 Å². The van der Waals surface area contributed by atoms with Gasteiger partial charge in [0.05, 0.1) is 27.5 Å². The molecule has 0 atom stereocenters. The van der Waals surface area contributed by atoms with Crippen LogP contribution in [0.3, 0.4) is 0 Å². The van der Waals surface area contributed by atoms with E-state index in [0.29, 0.717) is 11.1 Å². The van der Waals surface area contributed by atoms with Crippen LogP contribution in [0.5, 0.6) is 0 Å². The molecule has 1 aliphatic heterocycles. The number of benzene rings is 5. The molecule has 0 aromatic heterocycles. The van der Waals surface area contributed by atoms with Crippen LogP contribution in [0, 0.1) is 40.7 Å². The van der Waals surface area contributed by atoms with Crippen molar-refractivity contribution in [2.75, 3.05) is 0 Å². The lowest BCUT2D eigenvalue weighted by atomic mass is 9.78.